The second-order valence-corrected chi connectivity index (χ2v) is 5.58. The number of nitrogens with zero attached hydrogens (tertiary/aromatic N) is 2. The molecule has 0 aliphatic carbocycles. The van der Waals surface area contributed by atoms with Gasteiger partial charge in [0, 0.05) is 24.5 Å². The van der Waals surface area contributed by atoms with Gasteiger partial charge in [-0.1, -0.05) is 29.8 Å². The number of aromatic nitrogens is 2. The van der Waals surface area contributed by atoms with Crippen molar-refractivity contribution in [3.8, 4) is 0 Å². The number of hydrogen-bond acceptors (Lipinski definition) is 2. The van der Waals surface area contributed by atoms with Gasteiger partial charge in [-0.2, -0.15) is 0 Å². The highest BCUT2D eigenvalue weighted by atomic mass is 15.1. The molecule has 20 heavy (non-hydrogen) atoms. The molecule has 2 aliphatic rings. The van der Waals surface area contributed by atoms with Crippen LogP contribution >= 0.6 is 0 Å². The van der Waals surface area contributed by atoms with Gasteiger partial charge in [0.05, 0.1) is 0 Å². The first kappa shape index (κ1) is 11.9. The van der Waals surface area contributed by atoms with Crippen molar-refractivity contribution in [1.29, 1.82) is 0 Å². The molecule has 1 fully saturated rings. The molecule has 2 aliphatic heterocycles. The summed E-state index contributed by atoms with van der Waals surface area (Å²) in [6.07, 6.45) is 7.41. The Balaban J connectivity index is 1.96. The molecule has 0 radical (unpaired) electrons. The minimum Gasteiger partial charge on any atom is -0.331 e. The van der Waals surface area contributed by atoms with E-state index in [0.29, 0.717) is 0 Å². The summed E-state index contributed by atoms with van der Waals surface area (Å²) >= 11 is 0. The number of imidazole rings is 1. The number of rotatable bonds is 0. The fraction of sp³-hybridized carbons (Fsp3) is 0.353. The van der Waals surface area contributed by atoms with Crippen molar-refractivity contribution in [2.45, 2.75) is 25.8 Å². The Bertz CT molecular complexity index is 658. The monoisotopic (exact) mass is 265 g/mol. The molecule has 3 heterocycles. The van der Waals surface area contributed by atoms with Gasteiger partial charge in [0.2, 0.25) is 0 Å². The van der Waals surface area contributed by atoms with Crippen LogP contribution in [-0.4, -0.2) is 22.6 Å². The van der Waals surface area contributed by atoms with Crippen LogP contribution in [0.5, 0.6) is 0 Å². The van der Waals surface area contributed by atoms with E-state index in [1.165, 1.54) is 16.7 Å². The molecule has 2 aromatic rings. The van der Waals surface area contributed by atoms with Crippen LogP contribution in [0.25, 0.3) is 5.57 Å². The summed E-state index contributed by atoms with van der Waals surface area (Å²) < 4.78 is 2.31. The quantitative estimate of drug-likeness (QED) is 0.793. The predicted octanol–water partition coefficient (Wildman–Crippen LogP) is 2.62. The maximum absolute atomic E-state index is 4.66. The van der Waals surface area contributed by atoms with E-state index < -0.39 is 0 Å². The Morgan fingerprint density at radius 1 is 1.05 bits per heavy atom. The minimum absolute atomic E-state index is 1.03. The highest BCUT2D eigenvalue weighted by molar-refractivity contribution is 5.81. The molecule has 1 N–H and O–H groups in total. The lowest BCUT2D eigenvalue weighted by Crippen LogP contribution is -2.24. The normalized spacial score (nSPS) is 18.4. The molecule has 0 atom stereocenters. The molecule has 102 valence electrons. The number of nitrogens with one attached hydrogen (secondary N) is 1. The van der Waals surface area contributed by atoms with Crippen molar-refractivity contribution in [1.82, 2.24) is 14.9 Å². The topological polar surface area (TPSA) is 29.9 Å². The van der Waals surface area contributed by atoms with Crippen LogP contribution in [0.1, 0.15) is 29.8 Å². The van der Waals surface area contributed by atoms with Gasteiger partial charge in [-0.05, 0) is 43.5 Å². The van der Waals surface area contributed by atoms with Gasteiger partial charge < -0.3 is 9.88 Å². The van der Waals surface area contributed by atoms with Gasteiger partial charge in [0.15, 0.2) is 0 Å². The van der Waals surface area contributed by atoms with Crippen molar-refractivity contribution in [2.75, 3.05) is 13.1 Å². The highest BCUT2D eigenvalue weighted by Gasteiger charge is 2.22. The minimum atomic E-state index is 1.03. The average Bonchev–Trinajstić information content (AvgIpc) is 2.90. The number of benzene rings is 1. The zero-order valence-electron chi connectivity index (χ0n) is 11.6. The third-order valence-corrected chi connectivity index (χ3v) is 4.41. The molecule has 3 heteroatoms. The molecule has 3 nitrogen and oxygen atoms in total. The number of aryl methyl sites for hydroxylation is 2. The van der Waals surface area contributed by atoms with Gasteiger partial charge in [0.1, 0.15) is 5.82 Å². The zero-order chi connectivity index (χ0) is 13.4. The number of hydrogen-bond donors (Lipinski definition) is 1. The second kappa shape index (κ2) is 4.91. The highest BCUT2D eigenvalue weighted by Crippen LogP contribution is 2.34. The Hall–Kier alpha value is -1.87. The maximum atomic E-state index is 4.66. The van der Waals surface area contributed by atoms with Crippen molar-refractivity contribution in [3.63, 3.8) is 0 Å². The standard InChI is InChI=1S/C17H19N3/c1-2-4-15-13(3-1)7-11-20-12-10-19-17(20)16(15)14-5-8-18-9-6-14/h1-4,10,12,18H,5-9,11H2. The zero-order valence-corrected chi connectivity index (χ0v) is 11.6. The smallest absolute Gasteiger partial charge is 0.140 e. The van der Waals surface area contributed by atoms with Crippen LogP contribution in [0, 0.1) is 0 Å². The van der Waals surface area contributed by atoms with E-state index in [1.807, 2.05) is 6.20 Å². The van der Waals surface area contributed by atoms with E-state index in [-0.39, 0.29) is 0 Å². The van der Waals surface area contributed by atoms with Crippen LogP contribution < -0.4 is 5.32 Å². The van der Waals surface area contributed by atoms with Crippen LogP contribution in [0.3, 0.4) is 0 Å². The summed E-state index contributed by atoms with van der Waals surface area (Å²) in [4.78, 5) is 4.66. The summed E-state index contributed by atoms with van der Waals surface area (Å²) in [5.74, 6) is 1.16. The van der Waals surface area contributed by atoms with E-state index in [0.717, 1.165) is 44.7 Å². The average molecular weight is 265 g/mol. The third kappa shape index (κ3) is 1.90. The Morgan fingerprint density at radius 3 is 2.80 bits per heavy atom. The molecule has 1 aromatic heterocycles. The summed E-state index contributed by atoms with van der Waals surface area (Å²) in [6, 6.07) is 8.84. The van der Waals surface area contributed by atoms with Gasteiger partial charge in [-0.25, -0.2) is 4.98 Å². The van der Waals surface area contributed by atoms with Crippen molar-refractivity contribution in [2.24, 2.45) is 0 Å². The molecule has 0 amide bonds. The lowest BCUT2D eigenvalue weighted by Gasteiger charge is -2.20. The van der Waals surface area contributed by atoms with Crippen molar-refractivity contribution < 1.29 is 0 Å². The Labute approximate surface area is 119 Å². The lowest BCUT2D eigenvalue weighted by molar-refractivity contribution is 0.610. The molecule has 0 bridgehead atoms. The molecule has 0 unspecified atom stereocenters. The fourth-order valence-electron chi connectivity index (χ4n) is 3.39. The van der Waals surface area contributed by atoms with E-state index >= 15 is 0 Å². The summed E-state index contributed by atoms with van der Waals surface area (Å²) in [6.45, 7) is 3.20. The Kier molecular flexibility index (Phi) is 2.92. The molecule has 1 saturated heterocycles. The number of fused-ring (bicyclic) bond motifs is 2. The first-order valence-electron chi connectivity index (χ1n) is 7.46. The first-order valence-corrected chi connectivity index (χ1v) is 7.46. The van der Waals surface area contributed by atoms with Crippen LogP contribution in [-0.2, 0) is 13.0 Å². The van der Waals surface area contributed by atoms with Crippen molar-refractivity contribution in [3.05, 3.63) is 59.2 Å². The second-order valence-electron chi connectivity index (χ2n) is 5.58. The summed E-state index contributed by atoms with van der Waals surface area (Å²) in [7, 11) is 0. The molecular formula is C17H19N3. The van der Waals surface area contributed by atoms with Crippen LogP contribution in [0.15, 0.2) is 42.2 Å². The van der Waals surface area contributed by atoms with Gasteiger partial charge >= 0.3 is 0 Å². The molecular weight excluding hydrogens is 246 g/mol. The first-order chi connectivity index (χ1) is 9.93. The summed E-state index contributed by atoms with van der Waals surface area (Å²) in [5.41, 5.74) is 5.81. The lowest BCUT2D eigenvalue weighted by atomic mass is 9.90. The summed E-state index contributed by atoms with van der Waals surface area (Å²) in [5, 5.41) is 3.45. The van der Waals surface area contributed by atoms with E-state index in [9.17, 15) is 0 Å². The van der Waals surface area contributed by atoms with Gasteiger partial charge in [-0.3, -0.25) is 0 Å². The molecule has 1 aromatic carbocycles. The van der Waals surface area contributed by atoms with E-state index in [4.69, 9.17) is 0 Å². The maximum Gasteiger partial charge on any atom is 0.140 e. The van der Waals surface area contributed by atoms with Gasteiger partial charge in [-0.15, -0.1) is 0 Å². The van der Waals surface area contributed by atoms with E-state index in [2.05, 4.69) is 45.3 Å². The molecule has 0 spiro atoms. The van der Waals surface area contributed by atoms with Crippen LogP contribution in [0.2, 0.25) is 0 Å². The van der Waals surface area contributed by atoms with Crippen LogP contribution in [0.4, 0.5) is 0 Å². The SMILES string of the molecule is c1ccc2c(c1)CCn1ccnc1C2=C1CCNCC1. The third-order valence-electron chi connectivity index (χ3n) is 4.41. The largest absolute Gasteiger partial charge is 0.331 e. The Morgan fingerprint density at radius 2 is 1.90 bits per heavy atom. The molecule has 0 saturated carbocycles. The predicted molar refractivity (Wildman–Crippen MR) is 80.5 cm³/mol. The number of piperidine rings is 1. The van der Waals surface area contributed by atoms with Crippen molar-refractivity contribution >= 4 is 5.57 Å². The molecule has 4 rings (SSSR count). The fourth-order valence-corrected chi connectivity index (χ4v) is 3.39. The van der Waals surface area contributed by atoms with E-state index in [1.54, 1.807) is 5.57 Å². The van der Waals surface area contributed by atoms with Gasteiger partial charge in [0.25, 0.3) is 0 Å².